The van der Waals surface area contributed by atoms with Gasteiger partial charge in [-0.05, 0) is 62.3 Å². The van der Waals surface area contributed by atoms with Crippen LogP contribution in [0.2, 0.25) is 0 Å². The van der Waals surface area contributed by atoms with Crippen LogP contribution in [0.25, 0.3) is 0 Å². The molecule has 1 heterocycles. The minimum atomic E-state index is -0.664. The van der Waals surface area contributed by atoms with Gasteiger partial charge in [-0.1, -0.05) is 18.2 Å². The number of rotatable bonds is 9. The maximum absolute atomic E-state index is 13.2. The van der Waals surface area contributed by atoms with E-state index < -0.39 is 6.04 Å². The SMILES string of the molecule is CCOc1cccc(NC(=O)CC2C(=O)N(CC)C(=S)N2CCc2ccc(F)cc2)c1. The van der Waals surface area contributed by atoms with E-state index >= 15 is 0 Å². The minimum absolute atomic E-state index is 0.0161. The number of amides is 2. The molecule has 164 valence electrons. The fraction of sp³-hybridized carbons (Fsp3) is 0.348. The highest BCUT2D eigenvalue weighted by molar-refractivity contribution is 7.80. The van der Waals surface area contributed by atoms with E-state index in [-0.39, 0.29) is 24.1 Å². The number of ether oxygens (including phenoxy) is 1. The number of thiocarbonyl (C=S) groups is 1. The van der Waals surface area contributed by atoms with Crippen molar-refractivity contribution in [3.8, 4) is 5.75 Å². The van der Waals surface area contributed by atoms with Crippen LogP contribution in [0.4, 0.5) is 10.1 Å². The highest BCUT2D eigenvalue weighted by Gasteiger charge is 2.42. The minimum Gasteiger partial charge on any atom is -0.494 e. The second kappa shape index (κ2) is 10.3. The molecule has 8 heteroatoms. The monoisotopic (exact) mass is 443 g/mol. The number of likely N-dealkylation sites (N-methyl/N-ethyl adjacent to an activating group) is 1. The highest BCUT2D eigenvalue weighted by Crippen LogP contribution is 2.23. The van der Waals surface area contributed by atoms with Crippen molar-refractivity contribution in [2.75, 3.05) is 25.0 Å². The van der Waals surface area contributed by atoms with E-state index in [2.05, 4.69) is 5.32 Å². The highest BCUT2D eigenvalue weighted by atomic mass is 32.1. The van der Waals surface area contributed by atoms with Gasteiger partial charge in [0.15, 0.2) is 5.11 Å². The van der Waals surface area contributed by atoms with Crippen LogP contribution in [0.15, 0.2) is 48.5 Å². The van der Waals surface area contributed by atoms with Crippen molar-refractivity contribution in [2.24, 2.45) is 0 Å². The van der Waals surface area contributed by atoms with Crippen molar-refractivity contribution in [3.63, 3.8) is 0 Å². The molecule has 0 radical (unpaired) electrons. The molecule has 31 heavy (non-hydrogen) atoms. The molecule has 1 fully saturated rings. The maximum Gasteiger partial charge on any atom is 0.252 e. The standard InChI is InChI=1S/C23H26FN3O3S/c1-3-26-22(29)20(15-21(28)25-18-6-5-7-19(14-18)30-4-2)27(23(26)31)13-12-16-8-10-17(24)11-9-16/h5-11,14,20H,3-4,12-13,15H2,1-2H3,(H,25,28). The number of nitrogens with zero attached hydrogens (tertiary/aromatic N) is 2. The lowest BCUT2D eigenvalue weighted by molar-refractivity contribution is -0.130. The normalized spacial score (nSPS) is 16.0. The molecule has 2 amide bonds. The molecular weight excluding hydrogens is 417 g/mol. The fourth-order valence-corrected chi connectivity index (χ4v) is 3.99. The fourth-order valence-electron chi connectivity index (χ4n) is 3.55. The van der Waals surface area contributed by atoms with E-state index in [9.17, 15) is 14.0 Å². The molecule has 0 aromatic heterocycles. The van der Waals surface area contributed by atoms with E-state index in [1.165, 1.54) is 17.0 Å². The second-order valence-corrected chi connectivity index (χ2v) is 7.53. The Hall–Kier alpha value is -3.00. The third-order valence-corrected chi connectivity index (χ3v) is 5.54. The van der Waals surface area contributed by atoms with Crippen LogP contribution in [0.3, 0.4) is 0 Å². The van der Waals surface area contributed by atoms with Crippen LogP contribution in [0.5, 0.6) is 5.75 Å². The van der Waals surface area contributed by atoms with Gasteiger partial charge in [0.05, 0.1) is 13.0 Å². The lowest BCUT2D eigenvalue weighted by Crippen LogP contribution is -2.39. The Morgan fingerprint density at radius 1 is 1.19 bits per heavy atom. The van der Waals surface area contributed by atoms with Crippen LogP contribution in [-0.4, -0.2) is 52.5 Å². The van der Waals surface area contributed by atoms with Crippen molar-refractivity contribution in [2.45, 2.75) is 32.7 Å². The van der Waals surface area contributed by atoms with Gasteiger partial charge in [-0.2, -0.15) is 0 Å². The number of carbonyl (C=O) groups is 2. The third kappa shape index (κ3) is 5.58. The molecule has 0 aliphatic carbocycles. The summed E-state index contributed by atoms with van der Waals surface area (Å²) in [7, 11) is 0. The average Bonchev–Trinajstić information content (AvgIpc) is 2.97. The lowest BCUT2D eigenvalue weighted by atomic mass is 10.1. The Morgan fingerprint density at radius 3 is 2.61 bits per heavy atom. The Kier molecular flexibility index (Phi) is 7.57. The lowest BCUT2D eigenvalue weighted by Gasteiger charge is -2.23. The molecule has 1 aliphatic rings. The smallest absolute Gasteiger partial charge is 0.252 e. The first-order valence-electron chi connectivity index (χ1n) is 10.3. The number of carbonyl (C=O) groups excluding carboxylic acids is 2. The summed E-state index contributed by atoms with van der Waals surface area (Å²) < 4.78 is 18.6. The topological polar surface area (TPSA) is 61.9 Å². The molecule has 0 spiro atoms. The molecule has 3 rings (SSSR count). The number of nitrogens with one attached hydrogen (secondary N) is 1. The Balaban J connectivity index is 1.69. The number of hydrogen-bond donors (Lipinski definition) is 1. The quantitative estimate of drug-likeness (QED) is 0.600. The van der Waals surface area contributed by atoms with Gasteiger partial charge in [0, 0.05) is 24.8 Å². The Bertz CT molecular complexity index is 951. The maximum atomic E-state index is 13.2. The van der Waals surface area contributed by atoms with Crippen molar-refractivity contribution >= 4 is 34.8 Å². The second-order valence-electron chi connectivity index (χ2n) is 7.16. The van der Waals surface area contributed by atoms with Gasteiger partial charge in [-0.3, -0.25) is 14.5 Å². The zero-order chi connectivity index (χ0) is 22.4. The van der Waals surface area contributed by atoms with Gasteiger partial charge in [0.2, 0.25) is 5.91 Å². The molecule has 1 aliphatic heterocycles. The van der Waals surface area contributed by atoms with E-state index in [0.717, 1.165) is 5.56 Å². The van der Waals surface area contributed by atoms with Gasteiger partial charge < -0.3 is 15.0 Å². The predicted molar refractivity (Wildman–Crippen MR) is 121 cm³/mol. The Morgan fingerprint density at radius 2 is 1.94 bits per heavy atom. The van der Waals surface area contributed by atoms with E-state index in [4.69, 9.17) is 17.0 Å². The van der Waals surface area contributed by atoms with Crippen LogP contribution >= 0.6 is 12.2 Å². The Labute approximate surface area is 187 Å². The average molecular weight is 444 g/mol. The zero-order valence-corrected chi connectivity index (χ0v) is 18.5. The van der Waals surface area contributed by atoms with Crippen LogP contribution < -0.4 is 10.1 Å². The zero-order valence-electron chi connectivity index (χ0n) is 17.6. The molecular formula is C23H26FN3O3S. The van der Waals surface area contributed by atoms with Crippen LogP contribution in [0.1, 0.15) is 25.8 Å². The summed E-state index contributed by atoms with van der Waals surface area (Å²) in [6.45, 7) is 5.18. The van der Waals surface area contributed by atoms with E-state index in [1.807, 2.05) is 19.9 Å². The molecule has 2 aromatic carbocycles. The first-order valence-corrected chi connectivity index (χ1v) is 10.7. The summed E-state index contributed by atoms with van der Waals surface area (Å²) in [5.41, 5.74) is 1.54. The molecule has 1 saturated heterocycles. The van der Waals surface area contributed by atoms with E-state index in [1.54, 1.807) is 35.2 Å². The summed E-state index contributed by atoms with van der Waals surface area (Å²) in [5, 5.41) is 3.26. The largest absolute Gasteiger partial charge is 0.494 e. The van der Waals surface area contributed by atoms with Gasteiger partial charge in [0.1, 0.15) is 17.6 Å². The van der Waals surface area contributed by atoms with Gasteiger partial charge in [0.25, 0.3) is 5.91 Å². The first-order chi connectivity index (χ1) is 14.9. The summed E-state index contributed by atoms with van der Waals surface area (Å²) in [4.78, 5) is 28.9. The van der Waals surface area contributed by atoms with Gasteiger partial charge in [-0.15, -0.1) is 0 Å². The number of halogens is 1. The third-order valence-electron chi connectivity index (χ3n) is 5.08. The van der Waals surface area contributed by atoms with Crippen molar-refractivity contribution in [3.05, 3.63) is 59.9 Å². The number of hydrogen-bond acceptors (Lipinski definition) is 4. The number of benzene rings is 2. The molecule has 1 atom stereocenters. The number of anilines is 1. The van der Waals surface area contributed by atoms with Gasteiger partial charge in [-0.25, -0.2) is 4.39 Å². The molecule has 0 bridgehead atoms. The van der Waals surface area contributed by atoms with Gasteiger partial charge >= 0.3 is 0 Å². The first kappa shape index (κ1) is 22.7. The van der Waals surface area contributed by atoms with Crippen LogP contribution in [0, 0.1) is 5.82 Å². The predicted octanol–water partition coefficient (Wildman–Crippen LogP) is 3.61. The molecule has 2 aromatic rings. The summed E-state index contributed by atoms with van der Waals surface area (Å²) in [6, 6.07) is 12.7. The molecule has 0 saturated carbocycles. The van der Waals surface area contributed by atoms with Crippen molar-refractivity contribution in [1.82, 2.24) is 9.80 Å². The molecule has 1 N–H and O–H groups in total. The van der Waals surface area contributed by atoms with E-state index in [0.29, 0.717) is 42.7 Å². The van der Waals surface area contributed by atoms with Crippen molar-refractivity contribution < 1.29 is 18.7 Å². The molecule has 6 nitrogen and oxygen atoms in total. The van der Waals surface area contributed by atoms with Crippen LogP contribution in [-0.2, 0) is 16.0 Å². The van der Waals surface area contributed by atoms with Crippen molar-refractivity contribution in [1.29, 1.82) is 0 Å². The summed E-state index contributed by atoms with van der Waals surface area (Å²) in [6.07, 6.45) is 0.567. The molecule has 1 unspecified atom stereocenters. The summed E-state index contributed by atoms with van der Waals surface area (Å²) >= 11 is 5.50. The summed E-state index contributed by atoms with van der Waals surface area (Å²) in [5.74, 6) is -0.0865.